The molecule has 2 heterocycles. The maximum Gasteiger partial charge on any atom is 0.241 e. The van der Waals surface area contributed by atoms with Crippen molar-refractivity contribution in [2.75, 3.05) is 13.1 Å². The van der Waals surface area contributed by atoms with Crippen molar-refractivity contribution in [2.45, 2.75) is 50.7 Å². The Morgan fingerprint density at radius 1 is 1.22 bits per heavy atom. The Bertz CT molecular complexity index is 509. The van der Waals surface area contributed by atoms with Crippen LogP contribution in [0.25, 0.3) is 0 Å². The van der Waals surface area contributed by atoms with Gasteiger partial charge in [-0.1, -0.05) is 29.8 Å². The maximum absolute atomic E-state index is 12.3. The lowest BCUT2D eigenvalue weighted by Crippen LogP contribution is -2.49. The highest BCUT2D eigenvalue weighted by molar-refractivity contribution is 5.85. The standard InChI is InChI=1S/C17H25N3O.2ClH/c1-12-4-6-13(7-5-12)16(18)17(21)19-14-8-10-20-9-2-3-15(20)11-14;;/h4-7,14-16H,2-3,8-11,18H2,1H3,(H,19,21);2*1H. The number of carbonyl (C=O) groups is 1. The highest BCUT2D eigenvalue weighted by Gasteiger charge is 2.32. The molecular weight excluding hydrogens is 333 g/mol. The Labute approximate surface area is 151 Å². The fourth-order valence-electron chi connectivity index (χ4n) is 3.57. The van der Waals surface area contributed by atoms with Gasteiger partial charge < -0.3 is 16.0 Å². The van der Waals surface area contributed by atoms with Crippen molar-refractivity contribution in [1.82, 2.24) is 10.2 Å². The number of piperidine rings is 1. The van der Waals surface area contributed by atoms with Crippen LogP contribution in [0.1, 0.15) is 42.9 Å². The fourth-order valence-corrected chi connectivity index (χ4v) is 3.57. The first-order chi connectivity index (χ1) is 10.1. The zero-order valence-corrected chi connectivity index (χ0v) is 15.2. The van der Waals surface area contributed by atoms with Crippen molar-refractivity contribution in [3.63, 3.8) is 0 Å². The van der Waals surface area contributed by atoms with Crippen LogP contribution in [-0.4, -0.2) is 36.0 Å². The van der Waals surface area contributed by atoms with Crippen molar-refractivity contribution < 1.29 is 4.79 Å². The molecule has 0 aliphatic carbocycles. The molecule has 23 heavy (non-hydrogen) atoms. The van der Waals surface area contributed by atoms with E-state index in [1.807, 2.05) is 31.2 Å². The molecule has 1 aromatic rings. The van der Waals surface area contributed by atoms with Gasteiger partial charge in [-0.3, -0.25) is 4.79 Å². The molecule has 1 amide bonds. The number of nitrogens with zero attached hydrogens (tertiary/aromatic N) is 1. The Hall–Kier alpha value is -0.810. The number of hydrogen-bond donors (Lipinski definition) is 2. The molecule has 0 aromatic heterocycles. The molecule has 0 bridgehead atoms. The third kappa shape index (κ3) is 4.83. The van der Waals surface area contributed by atoms with E-state index in [0.717, 1.165) is 24.9 Å². The van der Waals surface area contributed by atoms with Crippen LogP contribution in [0.4, 0.5) is 0 Å². The first-order valence-corrected chi connectivity index (χ1v) is 8.00. The molecule has 3 atom stereocenters. The molecule has 2 aliphatic rings. The molecule has 2 saturated heterocycles. The molecule has 2 aliphatic heterocycles. The Morgan fingerprint density at radius 3 is 2.61 bits per heavy atom. The van der Waals surface area contributed by atoms with Crippen molar-refractivity contribution in [3.05, 3.63) is 35.4 Å². The summed E-state index contributed by atoms with van der Waals surface area (Å²) in [5, 5.41) is 3.15. The summed E-state index contributed by atoms with van der Waals surface area (Å²) in [6.07, 6.45) is 4.69. The van der Waals surface area contributed by atoms with Gasteiger partial charge in [-0.25, -0.2) is 0 Å². The van der Waals surface area contributed by atoms with Gasteiger partial charge in [0.1, 0.15) is 6.04 Å². The molecule has 3 unspecified atom stereocenters. The van der Waals surface area contributed by atoms with Gasteiger partial charge in [0.2, 0.25) is 5.91 Å². The van der Waals surface area contributed by atoms with E-state index in [2.05, 4.69) is 10.2 Å². The van der Waals surface area contributed by atoms with Crippen molar-refractivity contribution in [3.8, 4) is 0 Å². The number of fused-ring (bicyclic) bond motifs is 1. The lowest BCUT2D eigenvalue weighted by molar-refractivity contribution is -0.123. The smallest absolute Gasteiger partial charge is 0.241 e. The minimum atomic E-state index is -0.563. The second kappa shape index (κ2) is 8.88. The van der Waals surface area contributed by atoms with Gasteiger partial charge in [-0.05, 0) is 44.7 Å². The number of nitrogens with two attached hydrogens (primary N) is 1. The van der Waals surface area contributed by atoms with Gasteiger partial charge >= 0.3 is 0 Å². The van der Waals surface area contributed by atoms with E-state index in [-0.39, 0.29) is 36.8 Å². The van der Waals surface area contributed by atoms with E-state index in [0.29, 0.717) is 6.04 Å². The van der Waals surface area contributed by atoms with Crippen molar-refractivity contribution in [2.24, 2.45) is 5.73 Å². The summed E-state index contributed by atoms with van der Waals surface area (Å²) >= 11 is 0. The van der Waals surface area contributed by atoms with E-state index >= 15 is 0 Å². The molecule has 3 rings (SSSR count). The largest absolute Gasteiger partial charge is 0.352 e. The lowest BCUT2D eigenvalue weighted by atomic mass is 9.96. The zero-order valence-electron chi connectivity index (χ0n) is 13.5. The average Bonchev–Trinajstić information content (AvgIpc) is 2.95. The number of halogens is 2. The average molecular weight is 360 g/mol. The topological polar surface area (TPSA) is 58.4 Å². The second-order valence-corrected chi connectivity index (χ2v) is 6.45. The molecule has 2 fully saturated rings. The zero-order chi connectivity index (χ0) is 14.8. The predicted molar refractivity (Wildman–Crippen MR) is 98.4 cm³/mol. The number of benzene rings is 1. The number of hydrogen-bond acceptors (Lipinski definition) is 3. The van der Waals surface area contributed by atoms with E-state index in [1.54, 1.807) is 0 Å². The van der Waals surface area contributed by atoms with E-state index in [4.69, 9.17) is 5.73 Å². The number of nitrogens with one attached hydrogen (secondary N) is 1. The van der Waals surface area contributed by atoms with Gasteiger partial charge in [-0.15, -0.1) is 24.8 Å². The number of amides is 1. The third-order valence-electron chi connectivity index (χ3n) is 4.89. The molecule has 0 radical (unpaired) electrons. The number of carbonyl (C=O) groups excluding carboxylic acids is 1. The van der Waals surface area contributed by atoms with Gasteiger partial charge in [0.05, 0.1) is 0 Å². The second-order valence-electron chi connectivity index (χ2n) is 6.45. The summed E-state index contributed by atoms with van der Waals surface area (Å²) in [6, 6.07) is 8.28. The highest BCUT2D eigenvalue weighted by atomic mass is 35.5. The number of rotatable bonds is 3. The van der Waals surface area contributed by atoms with Crippen molar-refractivity contribution in [1.29, 1.82) is 0 Å². The quantitative estimate of drug-likeness (QED) is 0.871. The van der Waals surface area contributed by atoms with Crippen LogP contribution in [0.15, 0.2) is 24.3 Å². The molecule has 1 aromatic carbocycles. The lowest BCUT2D eigenvalue weighted by Gasteiger charge is -2.35. The third-order valence-corrected chi connectivity index (χ3v) is 4.89. The van der Waals surface area contributed by atoms with Gasteiger partial charge in [0, 0.05) is 18.6 Å². The van der Waals surface area contributed by atoms with E-state index in [1.165, 1.54) is 24.9 Å². The summed E-state index contributed by atoms with van der Waals surface area (Å²) in [7, 11) is 0. The molecule has 4 nitrogen and oxygen atoms in total. The molecule has 0 spiro atoms. The number of aryl methyl sites for hydroxylation is 1. The van der Waals surface area contributed by atoms with Crippen LogP contribution in [0.2, 0.25) is 0 Å². The van der Waals surface area contributed by atoms with Gasteiger partial charge in [0.15, 0.2) is 0 Å². The predicted octanol–water partition coefficient (Wildman–Crippen LogP) is 2.58. The van der Waals surface area contributed by atoms with Crippen LogP contribution >= 0.6 is 24.8 Å². The Morgan fingerprint density at radius 2 is 1.91 bits per heavy atom. The minimum absolute atomic E-state index is 0. The van der Waals surface area contributed by atoms with Crippen LogP contribution in [-0.2, 0) is 4.79 Å². The summed E-state index contributed by atoms with van der Waals surface area (Å²) in [4.78, 5) is 14.9. The minimum Gasteiger partial charge on any atom is -0.352 e. The fraction of sp³-hybridized carbons (Fsp3) is 0.588. The molecular formula is C17H27Cl2N3O. The summed E-state index contributed by atoms with van der Waals surface area (Å²) < 4.78 is 0. The van der Waals surface area contributed by atoms with Gasteiger partial charge in [0.25, 0.3) is 0 Å². The summed E-state index contributed by atoms with van der Waals surface area (Å²) in [6.45, 7) is 4.37. The molecule has 0 saturated carbocycles. The van der Waals surface area contributed by atoms with Crippen LogP contribution in [0, 0.1) is 6.92 Å². The first kappa shape index (κ1) is 20.2. The van der Waals surface area contributed by atoms with E-state index < -0.39 is 6.04 Å². The SMILES string of the molecule is Cc1ccc(C(N)C(=O)NC2CCN3CCCC3C2)cc1.Cl.Cl. The maximum atomic E-state index is 12.3. The summed E-state index contributed by atoms with van der Waals surface area (Å²) in [5.74, 6) is -0.0460. The normalized spacial score (nSPS) is 24.8. The van der Waals surface area contributed by atoms with Crippen LogP contribution in [0.3, 0.4) is 0 Å². The molecule has 130 valence electrons. The van der Waals surface area contributed by atoms with Gasteiger partial charge in [-0.2, -0.15) is 0 Å². The first-order valence-electron chi connectivity index (χ1n) is 8.00. The van der Waals surface area contributed by atoms with Crippen LogP contribution < -0.4 is 11.1 Å². The van der Waals surface area contributed by atoms with Crippen LogP contribution in [0.5, 0.6) is 0 Å². The van der Waals surface area contributed by atoms with Crippen molar-refractivity contribution >= 4 is 30.7 Å². The summed E-state index contributed by atoms with van der Waals surface area (Å²) in [5.41, 5.74) is 8.16. The molecule has 6 heteroatoms. The Balaban J connectivity index is 0.00000132. The van der Waals surface area contributed by atoms with E-state index in [9.17, 15) is 4.79 Å². The monoisotopic (exact) mass is 359 g/mol. The Kier molecular flexibility index (Phi) is 7.81. The highest BCUT2D eigenvalue weighted by Crippen LogP contribution is 2.27. The molecule has 3 N–H and O–H groups in total.